The van der Waals surface area contributed by atoms with E-state index in [1.54, 1.807) is 6.20 Å². The topological polar surface area (TPSA) is 43.4 Å². The maximum absolute atomic E-state index is 5.74. The third-order valence-electron chi connectivity index (χ3n) is 2.88. The fourth-order valence-electron chi connectivity index (χ4n) is 1.88. The third-order valence-corrected chi connectivity index (χ3v) is 2.88. The quantitative estimate of drug-likeness (QED) is 0.799. The van der Waals surface area contributed by atoms with E-state index in [9.17, 15) is 0 Å². The number of hydrogen-bond acceptors (Lipinski definition) is 4. The van der Waals surface area contributed by atoms with Crippen LogP contribution in [0.25, 0.3) is 0 Å². The number of nitrogens with one attached hydrogen (secondary N) is 1. The summed E-state index contributed by atoms with van der Waals surface area (Å²) in [4.78, 5) is 4.31. The molecule has 0 spiro atoms. The first-order chi connectivity index (χ1) is 10.3. The van der Waals surface area contributed by atoms with Crippen molar-refractivity contribution in [2.75, 3.05) is 18.5 Å². The predicted molar refractivity (Wildman–Crippen MR) is 85.0 cm³/mol. The zero-order valence-electron chi connectivity index (χ0n) is 12.6. The Morgan fingerprint density at radius 3 is 2.38 bits per heavy atom. The second-order valence-electron chi connectivity index (χ2n) is 4.67. The molecule has 0 atom stereocenters. The van der Waals surface area contributed by atoms with Crippen molar-refractivity contribution >= 4 is 5.69 Å². The van der Waals surface area contributed by atoms with Gasteiger partial charge in [0.05, 0.1) is 12.3 Å². The lowest BCUT2D eigenvalue weighted by Gasteiger charge is -2.09. The molecular weight excluding hydrogens is 264 g/mol. The van der Waals surface area contributed by atoms with Crippen LogP contribution in [0.5, 0.6) is 11.5 Å². The molecule has 1 aromatic heterocycles. The van der Waals surface area contributed by atoms with Gasteiger partial charge in [-0.3, -0.25) is 4.98 Å². The molecule has 4 nitrogen and oxygen atoms in total. The van der Waals surface area contributed by atoms with Gasteiger partial charge >= 0.3 is 0 Å². The van der Waals surface area contributed by atoms with Crippen LogP contribution in [0.15, 0.2) is 42.6 Å². The van der Waals surface area contributed by atoms with E-state index in [0.29, 0.717) is 6.61 Å². The second-order valence-corrected chi connectivity index (χ2v) is 4.67. The first-order valence-electron chi connectivity index (χ1n) is 7.36. The number of nitrogens with zero attached hydrogens (tertiary/aromatic N) is 1. The van der Waals surface area contributed by atoms with Crippen LogP contribution < -0.4 is 14.8 Å². The molecule has 0 amide bonds. The molecule has 0 unspecified atom stereocenters. The Morgan fingerprint density at radius 1 is 1.00 bits per heavy atom. The van der Waals surface area contributed by atoms with E-state index in [-0.39, 0.29) is 0 Å². The van der Waals surface area contributed by atoms with Crippen LogP contribution in [0.4, 0.5) is 5.69 Å². The maximum Gasteiger partial charge on any atom is 0.130 e. The SMILES string of the molecule is CCCOc1ccc(OCc2cc(NCC)ccn2)cc1. The van der Waals surface area contributed by atoms with Gasteiger partial charge in [0.25, 0.3) is 0 Å². The minimum absolute atomic E-state index is 0.453. The van der Waals surface area contributed by atoms with Gasteiger partial charge in [-0.25, -0.2) is 0 Å². The van der Waals surface area contributed by atoms with Crippen LogP contribution >= 0.6 is 0 Å². The molecule has 0 saturated heterocycles. The van der Waals surface area contributed by atoms with E-state index in [0.717, 1.165) is 42.5 Å². The van der Waals surface area contributed by atoms with Crippen LogP contribution in [0.1, 0.15) is 26.0 Å². The van der Waals surface area contributed by atoms with Gasteiger partial charge in [-0.1, -0.05) is 6.92 Å². The summed E-state index contributed by atoms with van der Waals surface area (Å²) in [6.45, 7) is 6.24. The smallest absolute Gasteiger partial charge is 0.130 e. The molecule has 0 aliphatic heterocycles. The lowest BCUT2D eigenvalue weighted by Crippen LogP contribution is -2.01. The van der Waals surface area contributed by atoms with Gasteiger partial charge < -0.3 is 14.8 Å². The molecule has 2 aromatic rings. The summed E-state index contributed by atoms with van der Waals surface area (Å²) in [5.74, 6) is 1.69. The standard InChI is InChI=1S/C17H22N2O2/c1-3-11-20-16-5-7-17(8-6-16)21-13-15-12-14(18-4-2)9-10-19-15/h5-10,12H,3-4,11,13H2,1-2H3,(H,18,19). The van der Waals surface area contributed by atoms with Gasteiger partial charge in [-0.15, -0.1) is 0 Å². The normalized spacial score (nSPS) is 10.2. The van der Waals surface area contributed by atoms with Crippen molar-refractivity contribution < 1.29 is 9.47 Å². The van der Waals surface area contributed by atoms with E-state index < -0.39 is 0 Å². The highest BCUT2D eigenvalue weighted by atomic mass is 16.5. The average Bonchev–Trinajstić information content (AvgIpc) is 2.53. The molecule has 0 aliphatic rings. The molecule has 2 rings (SSSR count). The summed E-state index contributed by atoms with van der Waals surface area (Å²) in [5, 5.41) is 3.26. The van der Waals surface area contributed by atoms with Crippen molar-refractivity contribution in [3.05, 3.63) is 48.3 Å². The first kappa shape index (κ1) is 15.2. The third kappa shape index (κ3) is 4.99. The highest BCUT2D eigenvalue weighted by Gasteiger charge is 2.00. The summed E-state index contributed by atoms with van der Waals surface area (Å²) in [7, 11) is 0. The van der Waals surface area contributed by atoms with Crippen LogP contribution in [0.3, 0.4) is 0 Å². The first-order valence-corrected chi connectivity index (χ1v) is 7.36. The van der Waals surface area contributed by atoms with Crippen LogP contribution in [0, 0.1) is 0 Å². The minimum Gasteiger partial charge on any atom is -0.494 e. The number of pyridine rings is 1. The Kier molecular flexibility index (Phi) is 5.88. The molecule has 0 aliphatic carbocycles. The van der Waals surface area contributed by atoms with Gasteiger partial charge in [0.1, 0.15) is 18.1 Å². The fourth-order valence-corrected chi connectivity index (χ4v) is 1.88. The summed E-state index contributed by atoms with van der Waals surface area (Å²) in [6.07, 6.45) is 2.80. The average molecular weight is 286 g/mol. The van der Waals surface area contributed by atoms with E-state index >= 15 is 0 Å². The lowest BCUT2D eigenvalue weighted by molar-refractivity contribution is 0.297. The number of ether oxygens (including phenoxy) is 2. The molecule has 0 radical (unpaired) electrons. The van der Waals surface area contributed by atoms with Gasteiger partial charge in [0.15, 0.2) is 0 Å². The van der Waals surface area contributed by atoms with Crippen molar-refractivity contribution in [1.82, 2.24) is 4.98 Å². The highest BCUT2D eigenvalue weighted by molar-refractivity contribution is 5.43. The van der Waals surface area contributed by atoms with Crippen molar-refractivity contribution in [3.8, 4) is 11.5 Å². The van der Waals surface area contributed by atoms with E-state index in [1.165, 1.54) is 0 Å². The van der Waals surface area contributed by atoms with Gasteiger partial charge in [0, 0.05) is 18.4 Å². The monoisotopic (exact) mass is 286 g/mol. The molecule has 1 heterocycles. The van der Waals surface area contributed by atoms with Crippen molar-refractivity contribution in [2.24, 2.45) is 0 Å². The molecular formula is C17H22N2O2. The Hall–Kier alpha value is -2.23. The van der Waals surface area contributed by atoms with E-state index in [4.69, 9.17) is 9.47 Å². The van der Waals surface area contributed by atoms with Crippen molar-refractivity contribution in [3.63, 3.8) is 0 Å². The largest absolute Gasteiger partial charge is 0.494 e. The molecule has 0 fully saturated rings. The Balaban J connectivity index is 1.88. The molecule has 4 heteroatoms. The van der Waals surface area contributed by atoms with E-state index in [2.05, 4.69) is 24.1 Å². The molecule has 21 heavy (non-hydrogen) atoms. The zero-order valence-corrected chi connectivity index (χ0v) is 12.6. The summed E-state index contributed by atoms with van der Waals surface area (Å²) in [6, 6.07) is 11.6. The minimum atomic E-state index is 0.453. The maximum atomic E-state index is 5.74. The second kappa shape index (κ2) is 8.15. The lowest BCUT2D eigenvalue weighted by atomic mass is 10.3. The van der Waals surface area contributed by atoms with Crippen molar-refractivity contribution in [1.29, 1.82) is 0 Å². The highest BCUT2D eigenvalue weighted by Crippen LogP contribution is 2.19. The molecule has 0 saturated carbocycles. The number of anilines is 1. The van der Waals surface area contributed by atoms with Gasteiger partial charge in [-0.2, -0.15) is 0 Å². The number of rotatable bonds is 8. The summed E-state index contributed by atoms with van der Waals surface area (Å²) < 4.78 is 11.3. The molecule has 1 aromatic carbocycles. The zero-order chi connectivity index (χ0) is 14.9. The van der Waals surface area contributed by atoms with E-state index in [1.807, 2.05) is 36.4 Å². The molecule has 112 valence electrons. The van der Waals surface area contributed by atoms with Crippen molar-refractivity contribution in [2.45, 2.75) is 26.9 Å². The van der Waals surface area contributed by atoms with Gasteiger partial charge in [-0.05, 0) is 49.7 Å². The van der Waals surface area contributed by atoms with Crippen LogP contribution in [0.2, 0.25) is 0 Å². The van der Waals surface area contributed by atoms with Crippen LogP contribution in [-0.2, 0) is 6.61 Å². The number of hydrogen-bond donors (Lipinski definition) is 1. The summed E-state index contributed by atoms with van der Waals surface area (Å²) in [5.41, 5.74) is 1.97. The van der Waals surface area contributed by atoms with Gasteiger partial charge in [0.2, 0.25) is 0 Å². The Bertz CT molecular complexity index is 541. The Labute approximate surface area is 126 Å². The molecule has 1 N–H and O–H groups in total. The molecule has 0 bridgehead atoms. The Morgan fingerprint density at radius 2 is 1.71 bits per heavy atom. The number of benzene rings is 1. The predicted octanol–water partition coefficient (Wildman–Crippen LogP) is 3.88. The summed E-state index contributed by atoms with van der Waals surface area (Å²) >= 11 is 0. The fraction of sp³-hybridized carbons (Fsp3) is 0.353. The number of aromatic nitrogens is 1. The van der Waals surface area contributed by atoms with Crippen LogP contribution in [-0.4, -0.2) is 18.1 Å².